The molecule has 0 aliphatic rings. The molecule has 20 heavy (non-hydrogen) atoms. The van der Waals surface area contributed by atoms with Crippen LogP contribution in [0, 0.1) is 0 Å². The van der Waals surface area contributed by atoms with E-state index < -0.39 is 17.7 Å². The second-order valence-corrected chi connectivity index (χ2v) is 5.52. The summed E-state index contributed by atoms with van der Waals surface area (Å²) < 4.78 is 10.4. The highest BCUT2D eigenvalue weighted by Crippen LogP contribution is 2.32. The van der Waals surface area contributed by atoms with Gasteiger partial charge in [-0.25, -0.2) is 9.59 Å². The molecule has 9 heteroatoms. The lowest BCUT2D eigenvalue weighted by molar-refractivity contribution is 0.0530. The van der Waals surface area contributed by atoms with Crippen molar-refractivity contribution >= 4 is 29.3 Å². The molecule has 0 aromatic carbocycles. The van der Waals surface area contributed by atoms with Crippen molar-refractivity contribution in [3.63, 3.8) is 0 Å². The predicted molar refractivity (Wildman–Crippen MR) is 71.2 cm³/mol. The summed E-state index contributed by atoms with van der Waals surface area (Å²) in [6.07, 6.45) is -1.55. The van der Waals surface area contributed by atoms with Crippen LogP contribution < -0.4 is 10.2 Å². The molecule has 0 fully saturated rings. The first-order valence-corrected chi connectivity index (χ1v) is 6.57. The van der Waals surface area contributed by atoms with Gasteiger partial charge < -0.3 is 19.4 Å². The number of carbonyl (C=O) groups is 2. The van der Waals surface area contributed by atoms with Crippen molar-refractivity contribution in [3.8, 4) is 5.19 Å². The van der Waals surface area contributed by atoms with Crippen molar-refractivity contribution in [1.29, 1.82) is 0 Å². The van der Waals surface area contributed by atoms with Crippen LogP contribution in [0.1, 0.15) is 37.4 Å². The summed E-state index contributed by atoms with van der Waals surface area (Å²) in [4.78, 5) is 30.3. The van der Waals surface area contributed by atoms with Crippen LogP contribution in [0.2, 0.25) is 0 Å². The van der Waals surface area contributed by atoms with Crippen LogP contribution in [-0.4, -0.2) is 34.4 Å². The number of ether oxygens (including phenoxy) is 2. The highest BCUT2D eigenvalue weighted by molar-refractivity contribution is 7.15. The standard InChI is InChI=1S/C11H16N2O6S/c1-5-17-8(14)6-7(13-19-10(15)16)12-9(20-6)18-11(2,3)4/h13H,5H2,1-4H3,(H,15,16). The molecule has 112 valence electrons. The van der Waals surface area contributed by atoms with Crippen LogP contribution in [0.15, 0.2) is 0 Å². The maximum absolute atomic E-state index is 11.7. The smallest absolute Gasteiger partial charge is 0.464 e. The number of hydrogen-bond donors (Lipinski definition) is 2. The average Bonchev–Trinajstić information content (AvgIpc) is 2.67. The van der Waals surface area contributed by atoms with Crippen LogP contribution >= 0.6 is 11.3 Å². The summed E-state index contributed by atoms with van der Waals surface area (Å²) in [5, 5.41) is 8.65. The summed E-state index contributed by atoms with van der Waals surface area (Å²) in [5.74, 6) is -0.694. The van der Waals surface area contributed by atoms with E-state index in [1.807, 2.05) is 20.8 Å². The zero-order valence-electron chi connectivity index (χ0n) is 11.6. The molecule has 1 rings (SSSR count). The zero-order valence-corrected chi connectivity index (χ0v) is 12.4. The Hall–Kier alpha value is -2.03. The zero-order chi connectivity index (χ0) is 15.3. The van der Waals surface area contributed by atoms with Gasteiger partial charge in [0.2, 0.25) is 0 Å². The number of carbonyl (C=O) groups excluding carboxylic acids is 1. The minimum absolute atomic E-state index is 0.0601. The Kier molecular flexibility index (Phi) is 5.14. The third-order valence-electron chi connectivity index (χ3n) is 1.70. The van der Waals surface area contributed by atoms with Crippen molar-refractivity contribution in [2.45, 2.75) is 33.3 Å². The molecule has 2 N–H and O–H groups in total. The topological polar surface area (TPSA) is 107 Å². The third kappa shape index (κ3) is 4.92. The molecule has 0 aliphatic heterocycles. The number of anilines is 1. The van der Waals surface area contributed by atoms with Gasteiger partial charge in [0.05, 0.1) is 6.61 Å². The lowest BCUT2D eigenvalue weighted by Gasteiger charge is -2.18. The fourth-order valence-electron chi connectivity index (χ4n) is 1.10. The molecule has 0 bridgehead atoms. The molecule has 0 amide bonds. The van der Waals surface area contributed by atoms with Gasteiger partial charge in [0.1, 0.15) is 5.60 Å². The number of aromatic nitrogens is 1. The van der Waals surface area contributed by atoms with Crippen LogP contribution in [0.25, 0.3) is 0 Å². The van der Waals surface area contributed by atoms with Crippen LogP contribution in [0.3, 0.4) is 0 Å². The Morgan fingerprint density at radius 2 is 2.05 bits per heavy atom. The molecular weight excluding hydrogens is 288 g/mol. The maximum Gasteiger partial charge on any atom is 0.530 e. The van der Waals surface area contributed by atoms with Crippen molar-refractivity contribution in [3.05, 3.63) is 4.88 Å². The summed E-state index contributed by atoms with van der Waals surface area (Å²) in [6, 6.07) is 0. The summed E-state index contributed by atoms with van der Waals surface area (Å²) in [6.45, 7) is 7.30. The largest absolute Gasteiger partial charge is 0.530 e. The summed E-state index contributed by atoms with van der Waals surface area (Å²) in [7, 11) is 0. The number of hydrogen-bond acceptors (Lipinski definition) is 8. The number of nitrogens with zero attached hydrogens (tertiary/aromatic N) is 1. The van der Waals surface area contributed by atoms with E-state index in [1.54, 1.807) is 6.92 Å². The number of esters is 1. The minimum atomic E-state index is -1.55. The van der Waals surface area contributed by atoms with E-state index in [1.165, 1.54) is 0 Å². The summed E-state index contributed by atoms with van der Waals surface area (Å²) >= 11 is 0.943. The number of rotatable bonds is 5. The van der Waals surface area contributed by atoms with Crippen molar-refractivity contribution < 1.29 is 29.0 Å². The molecular formula is C11H16N2O6S. The molecule has 0 saturated carbocycles. The fraction of sp³-hybridized carbons (Fsp3) is 0.545. The first kappa shape index (κ1) is 16.0. The van der Waals surface area contributed by atoms with E-state index in [0.717, 1.165) is 11.3 Å². The number of thiazole rings is 1. The van der Waals surface area contributed by atoms with E-state index in [0.29, 0.717) is 0 Å². The SMILES string of the molecule is CCOC(=O)c1sc(OC(C)(C)C)nc1NOC(=O)O. The van der Waals surface area contributed by atoms with Crippen LogP contribution in [0.5, 0.6) is 5.19 Å². The molecule has 0 spiro atoms. The van der Waals surface area contributed by atoms with Gasteiger partial charge >= 0.3 is 12.1 Å². The predicted octanol–water partition coefficient (Wildman–Crippen LogP) is 2.52. The first-order valence-electron chi connectivity index (χ1n) is 5.75. The second kappa shape index (κ2) is 6.42. The Morgan fingerprint density at radius 1 is 1.40 bits per heavy atom. The van der Waals surface area contributed by atoms with Gasteiger partial charge in [0.25, 0.3) is 5.19 Å². The molecule has 1 aromatic rings. The molecule has 8 nitrogen and oxygen atoms in total. The van der Waals surface area contributed by atoms with Gasteiger partial charge in [-0.2, -0.15) is 10.5 Å². The quantitative estimate of drug-likeness (QED) is 0.631. The first-order chi connectivity index (χ1) is 9.23. The number of carboxylic acid groups (broad SMARTS) is 1. The molecule has 1 aromatic heterocycles. The number of nitrogens with one attached hydrogen (secondary N) is 1. The van der Waals surface area contributed by atoms with E-state index in [2.05, 4.69) is 15.3 Å². The normalized spacial score (nSPS) is 10.8. The second-order valence-electron chi connectivity index (χ2n) is 4.56. The minimum Gasteiger partial charge on any atom is -0.464 e. The highest BCUT2D eigenvalue weighted by Gasteiger charge is 2.24. The fourth-order valence-corrected chi connectivity index (χ4v) is 2.03. The van der Waals surface area contributed by atoms with Crippen molar-refractivity contribution in [2.75, 3.05) is 12.1 Å². The molecule has 0 radical (unpaired) electrons. The third-order valence-corrected chi connectivity index (χ3v) is 2.61. The molecule has 1 heterocycles. The maximum atomic E-state index is 11.7. The Balaban J connectivity index is 2.98. The van der Waals surface area contributed by atoms with Crippen molar-refractivity contribution in [2.24, 2.45) is 0 Å². The van der Waals surface area contributed by atoms with Gasteiger partial charge in [-0.05, 0) is 27.7 Å². The van der Waals surface area contributed by atoms with Crippen LogP contribution in [-0.2, 0) is 9.57 Å². The van der Waals surface area contributed by atoms with Crippen molar-refractivity contribution in [1.82, 2.24) is 4.98 Å². The van der Waals surface area contributed by atoms with E-state index in [4.69, 9.17) is 14.6 Å². The van der Waals surface area contributed by atoms with Gasteiger partial charge in [-0.3, -0.25) is 0 Å². The lowest BCUT2D eigenvalue weighted by atomic mass is 10.2. The van der Waals surface area contributed by atoms with E-state index in [9.17, 15) is 9.59 Å². The van der Waals surface area contributed by atoms with Gasteiger partial charge in [-0.15, -0.1) is 0 Å². The van der Waals surface area contributed by atoms with Crippen LogP contribution in [0.4, 0.5) is 10.6 Å². The van der Waals surface area contributed by atoms with Gasteiger partial charge in [-0.1, -0.05) is 11.3 Å². The van der Waals surface area contributed by atoms with E-state index >= 15 is 0 Å². The summed E-state index contributed by atoms with van der Waals surface area (Å²) in [5.41, 5.74) is 1.57. The molecule has 0 aliphatic carbocycles. The molecule has 0 unspecified atom stereocenters. The Bertz CT molecular complexity index is 494. The molecule has 0 atom stereocenters. The Morgan fingerprint density at radius 3 is 2.55 bits per heavy atom. The lowest BCUT2D eigenvalue weighted by Crippen LogP contribution is -2.22. The molecule has 0 saturated heterocycles. The van der Waals surface area contributed by atoms with Gasteiger partial charge in [0, 0.05) is 0 Å². The highest BCUT2D eigenvalue weighted by atomic mass is 32.1. The average molecular weight is 304 g/mol. The van der Waals surface area contributed by atoms with E-state index in [-0.39, 0.29) is 22.5 Å². The monoisotopic (exact) mass is 304 g/mol. The Labute approximate surface area is 119 Å². The van der Waals surface area contributed by atoms with Gasteiger partial charge in [0.15, 0.2) is 10.7 Å².